The highest BCUT2D eigenvalue weighted by Crippen LogP contribution is 2.25. The first-order valence-electron chi connectivity index (χ1n) is 10.8. The molecule has 0 radical (unpaired) electrons. The van der Waals surface area contributed by atoms with Gasteiger partial charge in [0.15, 0.2) is 0 Å². The molecule has 10 heteroatoms. The zero-order valence-corrected chi connectivity index (χ0v) is 18.6. The highest BCUT2D eigenvalue weighted by molar-refractivity contribution is 7.89. The highest BCUT2D eigenvalue weighted by atomic mass is 32.2. The van der Waals surface area contributed by atoms with Crippen LogP contribution in [-0.4, -0.2) is 50.4 Å². The van der Waals surface area contributed by atoms with Crippen LogP contribution in [0.4, 0.5) is 0 Å². The van der Waals surface area contributed by atoms with Crippen molar-refractivity contribution in [3.05, 3.63) is 58.6 Å². The predicted molar refractivity (Wildman–Crippen MR) is 121 cm³/mol. The van der Waals surface area contributed by atoms with Crippen molar-refractivity contribution in [2.24, 2.45) is 0 Å². The van der Waals surface area contributed by atoms with E-state index in [0.29, 0.717) is 41.9 Å². The van der Waals surface area contributed by atoms with Crippen LogP contribution < -0.4 is 5.56 Å². The van der Waals surface area contributed by atoms with Crippen LogP contribution in [0.1, 0.15) is 32.0 Å². The van der Waals surface area contributed by atoms with Crippen molar-refractivity contribution in [2.75, 3.05) is 13.1 Å². The van der Waals surface area contributed by atoms with Gasteiger partial charge in [0.2, 0.25) is 10.0 Å². The van der Waals surface area contributed by atoms with Crippen LogP contribution in [0.3, 0.4) is 0 Å². The summed E-state index contributed by atoms with van der Waals surface area (Å²) in [5.74, 6) is 0.627. The quantitative estimate of drug-likeness (QED) is 0.461. The number of fused-ring (bicyclic) bond motifs is 2. The monoisotopic (exact) mass is 452 g/mol. The lowest BCUT2D eigenvalue weighted by Gasteiger charge is -2.25. The summed E-state index contributed by atoms with van der Waals surface area (Å²) in [6.45, 7) is 3.86. The van der Waals surface area contributed by atoms with Gasteiger partial charge in [0.05, 0.1) is 21.3 Å². The van der Waals surface area contributed by atoms with Gasteiger partial charge in [-0.05, 0) is 50.1 Å². The minimum absolute atomic E-state index is 0.146. The Balaban J connectivity index is 1.55. The second kappa shape index (κ2) is 8.10. The van der Waals surface area contributed by atoms with Gasteiger partial charge in [0.1, 0.15) is 17.9 Å². The number of piperidine rings is 1. The second-order valence-electron chi connectivity index (χ2n) is 7.96. The molecule has 2 aromatic heterocycles. The number of sulfonamides is 1. The summed E-state index contributed by atoms with van der Waals surface area (Å²) in [6, 6.07) is 12.1. The van der Waals surface area contributed by atoms with E-state index in [1.54, 1.807) is 40.7 Å². The summed E-state index contributed by atoms with van der Waals surface area (Å²) >= 11 is 0. The van der Waals surface area contributed by atoms with Crippen LogP contribution >= 0.6 is 0 Å². The summed E-state index contributed by atoms with van der Waals surface area (Å²) in [4.78, 5) is 17.8. The molecule has 0 aliphatic carbocycles. The first-order valence-corrected chi connectivity index (χ1v) is 12.2. The molecule has 3 heterocycles. The maximum Gasteiger partial charge on any atom is 0.278 e. The molecule has 166 valence electrons. The molecule has 1 saturated heterocycles. The molecule has 4 aromatic rings. The van der Waals surface area contributed by atoms with E-state index >= 15 is 0 Å². The van der Waals surface area contributed by atoms with Crippen molar-refractivity contribution in [3.8, 4) is 0 Å². The predicted octanol–water partition coefficient (Wildman–Crippen LogP) is 2.38. The third kappa shape index (κ3) is 3.49. The van der Waals surface area contributed by atoms with E-state index in [2.05, 4.69) is 15.3 Å². The number of benzene rings is 2. The summed E-state index contributed by atoms with van der Waals surface area (Å²) in [5.41, 5.74) is 1.72. The van der Waals surface area contributed by atoms with Crippen molar-refractivity contribution in [3.63, 3.8) is 0 Å². The van der Waals surface area contributed by atoms with Gasteiger partial charge >= 0.3 is 0 Å². The van der Waals surface area contributed by atoms with Gasteiger partial charge in [0.25, 0.3) is 5.56 Å². The lowest BCUT2D eigenvalue weighted by atomic mass is 10.2. The Morgan fingerprint density at radius 3 is 2.56 bits per heavy atom. The first-order chi connectivity index (χ1) is 15.5. The van der Waals surface area contributed by atoms with Crippen molar-refractivity contribution in [2.45, 2.75) is 44.2 Å². The summed E-state index contributed by atoms with van der Waals surface area (Å²) < 4.78 is 31.0. The number of nitrogens with zero attached hydrogens (tertiary/aromatic N) is 6. The number of hydrogen-bond acceptors (Lipinski definition) is 6. The van der Waals surface area contributed by atoms with Gasteiger partial charge in [-0.2, -0.15) is 4.31 Å². The minimum atomic E-state index is -3.55. The van der Waals surface area contributed by atoms with Gasteiger partial charge in [-0.15, -0.1) is 5.10 Å². The number of imidazole rings is 1. The molecule has 9 nitrogen and oxygen atoms in total. The van der Waals surface area contributed by atoms with Crippen molar-refractivity contribution in [1.82, 2.24) is 28.9 Å². The third-order valence-electron chi connectivity index (χ3n) is 5.99. The largest absolute Gasteiger partial charge is 0.327 e. The van der Waals surface area contributed by atoms with E-state index in [4.69, 9.17) is 0 Å². The van der Waals surface area contributed by atoms with E-state index in [0.717, 1.165) is 24.8 Å². The lowest BCUT2D eigenvalue weighted by Crippen LogP contribution is -2.35. The molecular weight excluding hydrogens is 428 g/mol. The molecule has 0 atom stereocenters. The fourth-order valence-corrected chi connectivity index (χ4v) is 5.85. The Hall–Kier alpha value is -3.11. The third-order valence-corrected chi connectivity index (χ3v) is 7.88. The second-order valence-corrected chi connectivity index (χ2v) is 9.89. The summed E-state index contributed by atoms with van der Waals surface area (Å²) in [7, 11) is -3.55. The van der Waals surface area contributed by atoms with Crippen molar-refractivity contribution in [1.29, 1.82) is 0 Å². The van der Waals surface area contributed by atoms with Crippen molar-refractivity contribution >= 4 is 32.0 Å². The first kappa shape index (κ1) is 20.8. The normalized spacial score (nSPS) is 15.5. The standard InChI is InChI=1S/C22H24N6O3S/c1-2-27-20-11-10-16(32(30,31)26-12-6-3-7-13-26)14-19(20)23-21(27)15-28-22(29)17-8-4-5-9-18(17)24-25-28/h4-5,8-11,14H,2-3,6-7,12-13,15H2,1H3. The molecule has 0 spiro atoms. The number of hydrogen-bond donors (Lipinski definition) is 0. The van der Waals surface area contributed by atoms with E-state index in [1.807, 2.05) is 17.6 Å². The van der Waals surface area contributed by atoms with Crippen LogP contribution in [0.5, 0.6) is 0 Å². The fourth-order valence-electron chi connectivity index (χ4n) is 4.31. The lowest BCUT2D eigenvalue weighted by molar-refractivity contribution is 0.346. The van der Waals surface area contributed by atoms with Crippen LogP contribution in [0.15, 0.2) is 52.2 Å². The Morgan fingerprint density at radius 1 is 1.00 bits per heavy atom. The fraction of sp³-hybridized carbons (Fsp3) is 0.364. The zero-order valence-electron chi connectivity index (χ0n) is 17.8. The molecule has 1 fully saturated rings. The van der Waals surface area contributed by atoms with E-state index in [-0.39, 0.29) is 17.0 Å². The van der Waals surface area contributed by atoms with Crippen LogP contribution in [0, 0.1) is 0 Å². The summed E-state index contributed by atoms with van der Waals surface area (Å²) in [5, 5.41) is 8.70. The van der Waals surface area contributed by atoms with Gasteiger partial charge in [-0.1, -0.05) is 23.8 Å². The topological polar surface area (TPSA) is 103 Å². The molecular formula is C22H24N6O3S. The average Bonchev–Trinajstić information content (AvgIpc) is 3.18. The smallest absolute Gasteiger partial charge is 0.278 e. The Bertz CT molecular complexity index is 1470. The number of rotatable bonds is 5. The molecule has 1 aliphatic heterocycles. The van der Waals surface area contributed by atoms with E-state index in [9.17, 15) is 13.2 Å². The maximum absolute atomic E-state index is 13.1. The Labute approximate surface area is 185 Å². The van der Waals surface area contributed by atoms with Gasteiger partial charge in [0, 0.05) is 19.6 Å². The number of aryl methyl sites for hydroxylation is 1. The van der Waals surface area contributed by atoms with Crippen molar-refractivity contribution < 1.29 is 8.42 Å². The minimum Gasteiger partial charge on any atom is -0.327 e. The average molecular weight is 453 g/mol. The van der Waals surface area contributed by atoms with E-state index < -0.39 is 10.0 Å². The van der Waals surface area contributed by atoms with Gasteiger partial charge < -0.3 is 4.57 Å². The van der Waals surface area contributed by atoms with Crippen LogP contribution in [0.25, 0.3) is 21.9 Å². The molecule has 2 aromatic carbocycles. The van der Waals surface area contributed by atoms with Crippen LogP contribution in [-0.2, 0) is 23.1 Å². The number of aromatic nitrogens is 5. The van der Waals surface area contributed by atoms with Gasteiger partial charge in [-0.25, -0.2) is 18.1 Å². The molecule has 0 bridgehead atoms. The summed E-state index contributed by atoms with van der Waals surface area (Å²) in [6.07, 6.45) is 2.83. The SMILES string of the molecule is CCn1c(Cn2nnc3ccccc3c2=O)nc2cc(S(=O)(=O)N3CCCCC3)ccc21. The van der Waals surface area contributed by atoms with Gasteiger partial charge in [-0.3, -0.25) is 4.79 Å². The molecule has 0 saturated carbocycles. The highest BCUT2D eigenvalue weighted by Gasteiger charge is 2.26. The molecule has 1 aliphatic rings. The molecule has 5 rings (SSSR count). The molecule has 0 unspecified atom stereocenters. The Kier molecular flexibility index (Phi) is 5.26. The molecule has 0 amide bonds. The maximum atomic E-state index is 13.1. The zero-order chi connectivity index (χ0) is 22.3. The molecule has 32 heavy (non-hydrogen) atoms. The molecule has 0 N–H and O–H groups in total. The van der Waals surface area contributed by atoms with Crippen LogP contribution in [0.2, 0.25) is 0 Å². The van der Waals surface area contributed by atoms with E-state index in [1.165, 1.54) is 4.68 Å². The Morgan fingerprint density at radius 2 is 1.78 bits per heavy atom.